The summed E-state index contributed by atoms with van der Waals surface area (Å²) in [5.74, 6) is 5.92. The molecule has 0 bridgehead atoms. The molecule has 33 heavy (non-hydrogen) atoms. The normalized spacial score (nSPS) is 33.4. The van der Waals surface area contributed by atoms with E-state index in [1.165, 1.54) is 103 Å². The predicted molar refractivity (Wildman–Crippen MR) is 148 cm³/mol. The predicted octanol–water partition coefficient (Wildman–Crippen LogP) is 11.1. The molecular weight excluding hydrogens is 396 g/mol. The minimum absolute atomic E-state index is 0.796. The van der Waals surface area contributed by atoms with Gasteiger partial charge in [-0.25, -0.2) is 0 Å². The van der Waals surface area contributed by atoms with Crippen LogP contribution in [0.3, 0.4) is 0 Å². The molecule has 0 spiro atoms. The van der Waals surface area contributed by atoms with Gasteiger partial charge in [0.1, 0.15) is 0 Å². The van der Waals surface area contributed by atoms with Gasteiger partial charge >= 0.3 is 0 Å². The van der Waals surface area contributed by atoms with Crippen molar-refractivity contribution in [2.45, 2.75) is 148 Å². The molecule has 0 heterocycles. The van der Waals surface area contributed by atoms with E-state index in [9.17, 15) is 0 Å². The van der Waals surface area contributed by atoms with E-state index >= 15 is 0 Å². The molecular formula is C33H58. The van der Waals surface area contributed by atoms with E-state index in [1.807, 2.05) is 0 Å². The Hall–Kier alpha value is -0.520. The van der Waals surface area contributed by atoms with Gasteiger partial charge in [0.05, 0.1) is 0 Å². The van der Waals surface area contributed by atoms with Crippen molar-refractivity contribution >= 4 is 0 Å². The van der Waals surface area contributed by atoms with Gasteiger partial charge in [-0.3, -0.25) is 0 Å². The van der Waals surface area contributed by atoms with Gasteiger partial charge in [0.2, 0.25) is 0 Å². The second-order valence-electron chi connectivity index (χ2n) is 12.4. The van der Waals surface area contributed by atoms with Gasteiger partial charge in [0.25, 0.3) is 0 Å². The molecule has 3 saturated carbocycles. The lowest BCUT2D eigenvalue weighted by molar-refractivity contribution is 0.140. The first-order chi connectivity index (χ1) is 16.3. The molecule has 0 N–H and O–H groups in total. The molecule has 190 valence electrons. The van der Waals surface area contributed by atoms with Crippen molar-refractivity contribution in [3.05, 3.63) is 24.8 Å². The summed E-state index contributed by atoms with van der Waals surface area (Å²) in [6.45, 7) is 6.30. The van der Waals surface area contributed by atoms with Crippen molar-refractivity contribution in [1.82, 2.24) is 0 Å². The largest absolute Gasteiger partial charge is 0.103 e. The van der Waals surface area contributed by atoms with Gasteiger partial charge in [-0.15, -0.1) is 6.58 Å². The van der Waals surface area contributed by atoms with Crippen molar-refractivity contribution in [2.75, 3.05) is 0 Å². The maximum atomic E-state index is 3.98. The highest BCUT2D eigenvalue weighted by molar-refractivity contribution is 4.94. The Labute approximate surface area is 208 Å². The molecule has 0 atom stereocenters. The Kier molecular flexibility index (Phi) is 13.3. The topological polar surface area (TPSA) is 0 Å². The van der Waals surface area contributed by atoms with Crippen molar-refractivity contribution < 1.29 is 0 Å². The standard InChI is InChI=1S/C33H58/c1-3-5-6-7-8-9-10-13-30-20-24-32(25-21-30)33-26-22-31(23-27-33)15-12-11-14-29-18-16-28(4-2)17-19-29/h4,11,14,28-33H,2-3,5-10,12-13,15-27H2,1H3/b14-11+. The second kappa shape index (κ2) is 16.2. The van der Waals surface area contributed by atoms with Crippen LogP contribution in [0.25, 0.3) is 0 Å². The molecule has 3 rings (SSSR count). The first-order valence-electron chi connectivity index (χ1n) is 15.6. The average molecular weight is 455 g/mol. The number of hydrogen-bond donors (Lipinski definition) is 0. The van der Waals surface area contributed by atoms with Crippen molar-refractivity contribution in [1.29, 1.82) is 0 Å². The lowest BCUT2D eigenvalue weighted by Gasteiger charge is -2.38. The fraction of sp³-hybridized carbons (Fsp3) is 0.879. The maximum Gasteiger partial charge on any atom is -0.0233 e. The smallest absolute Gasteiger partial charge is 0.0233 e. The quantitative estimate of drug-likeness (QED) is 0.181. The van der Waals surface area contributed by atoms with Gasteiger partial charge in [-0.1, -0.05) is 102 Å². The first kappa shape index (κ1) is 27.1. The van der Waals surface area contributed by atoms with Crippen LogP contribution >= 0.6 is 0 Å². The third kappa shape index (κ3) is 10.3. The molecule has 3 aliphatic rings. The van der Waals surface area contributed by atoms with Gasteiger partial charge in [0, 0.05) is 0 Å². The Bertz CT molecular complexity index is 506. The Balaban J connectivity index is 1.19. The van der Waals surface area contributed by atoms with Gasteiger partial charge in [-0.2, -0.15) is 0 Å². The molecule has 0 saturated heterocycles. The minimum atomic E-state index is 0.796. The Morgan fingerprint density at radius 3 is 1.67 bits per heavy atom. The molecule has 0 aromatic rings. The summed E-state index contributed by atoms with van der Waals surface area (Å²) in [7, 11) is 0. The third-order valence-electron chi connectivity index (χ3n) is 9.97. The number of unbranched alkanes of at least 4 members (excludes halogenated alkanes) is 6. The van der Waals surface area contributed by atoms with Crippen LogP contribution in [0.5, 0.6) is 0 Å². The fourth-order valence-electron chi connectivity index (χ4n) is 7.48. The van der Waals surface area contributed by atoms with Gasteiger partial charge in [-0.05, 0) is 99.7 Å². The molecule has 0 aromatic carbocycles. The summed E-state index contributed by atoms with van der Waals surface area (Å²) < 4.78 is 0. The van der Waals surface area contributed by atoms with E-state index in [-0.39, 0.29) is 0 Å². The van der Waals surface area contributed by atoms with Crippen LogP contribution < -0.4 is 0 Å². The van der Waals surface area contributed by atoms with Crippen LogP contribution in [0.15, 0.2) is 24.8 Å². The molecule has 3 fully saturated rings. The highest BCUT2D eigenvalue weighted by Crippen LogP contribution is 2.43. The zero-order valence-corrected chi connectivity index (χ0v) is 22.5. The highest BCUT2D eigenvalue weighted by atomic mass is 14.4. The fourth-order valence-corrected chi connectivity index (χ4v) is 7.48. The summed E-state index contributed by atoms with van der Waals surface area (Å²) >= 11 is 0. The van der Waals surface area contributed by atoms with E-state index in [1.54, 1.807) is 38.5 Å². The zero-order chi connectivity index (χ0) is 23.1. The van der Waals surface area contributed by atoms with E-state index in [2.05, 4.69) is 31.7 Å². The molecule has 3 aliphatic carbocycles. The molecule has 0 aromatic heterocycles. The monoisotopic (exact) mass is 454 g/mol. The molecule has 0 unspecified atom stereocenters. The van der Waals surface area contributed by atoms with Crippen LogP contribution in [-0.2, 0) is 0 Å². The second-order valence-corrected chi connectivity index (χ2v) is 12.4. The van der Waals surface area contributed by atoms with Gasteiger partial charge < -0.3 is 0 Å². The van der Waals surface area contributed by atoms with E-state index in [4.69, 9.17) is 0 Å². The molecule has 0 heteroatoms. The molecule has 0 nitrogen and oxygen atoms in total. The Morgan fingerprint density at radius 1 is 0.576 bits per heavy atom. The number of allylic oxidation sites excluding steroid dienone is 3. The summed E-state index contributed by atoms with van der Waals surface area (Å²) in [5, 5.41) is 0. The van der Waals surface area contributed by atoms with Crippen molar-refractivity contribution in [3.63, 3.8) is 0 Å². The summed E-state index contributed by atoms with van der Waals surface area (Å²) in [5.41, 5.74) is 0. The summed E-state index contributed by atoms with van der Waals surface area (Å²) in [4.78, 5) is 0. The first-order valence-corrected chi connectivity index (χ1v) is 15.6. The molecule has 0 aliphatic heterocycles. The van der Waals surface area contributed by atoms with Crippen molar-refractivity contribution in [2.24, 2.45) is 35.5 Å². The lowest BCUT2D eigenvalue weighted by atomic mass is 9.68. The van der Waals surface area contributed by atoms with E-state index in [0.29, 0.717) is 0 Å². The van der Waals surface area contributed by atoms with Gasteiger partial charge in [0.15, 0.2) is 0 Å². The zero-order valence-electron chi connectivity index (χ0n) is 22.5. The maximum absolute atomic E-state index is 3.98. The summed E-state index contributed by atoms with van der Waals surface area (Å²) in [6.07, 6.45) is 39.8. The van der Waals surface area contributed by atoms with Crippen LogP contribution in [0.1, 0.15) is 148 Å². The van der Waals surface area contributed by atoms with Crippen LogP contribution in [0.2, 0.25) is 0 Å². The van der Waals surface area contributed by atoms with E-state index in [0.717, 1.165) is 35.5 Å². The number of rotatable bonds is 14. The highest BCUT2D eigenvalue weighted by Gasteiger charge is 2.30. The molecule has 0 amide bonds. The van der Waals surface area contributed by atoms with Crippen LogP contribution in [-0.4, -0.2) is 0 Å². The third-order valence-corrected chi connectivity index (χ3v) is 9.97. The minimum Gasteiger partial charge on any atom is -0.103 e. The lowest BCUT2D eigenvalue weighted by Crippen LogP contribution is -2.25. The van der Waals surface area contributed by atoms with Crippen molar-refractivity contribution in [3.8, 4) is 0 Å². The van der Waals surface area contributed by atoms with Crippen LogP contribution in [0, 0.1) is 35.5 Å². The van der Waals surface area contributed by atoms with Crippen LogP contribution in [0.4, 0.5) is 0 Å². The SMILES string of the molecule is C=CC1CCC(/C=C/CCC2CCC(C3CCC(CCCCCCCCC)CC3)CC2)CC1. The average Bonchev–Trinajstić information content (AvgIpc) is 2.87. The molecule has 0 radical (unpaired) electrons. The number of hydrogen-bond acceptors (Lipinski definition) is 0. The Morgan fingerprint density at radius 2 is 1.09 bits per heavy atom. The van der Waals surface area contributed by atoms with E-state index < -0.39 is 0 Å². The summed E-state index contributed by atoms with van der Waals surface area (Å²) in [6, 6.07) is 0.